The molecule has 0 saturated heterocycles. The second-order valence-corrected chi connectivity index (χ2v) is 3.59. The summed E-state index contributed by atoms with van der Waals surface area (Å²) in [5.41, 5.74) is 1.08. The Kier molecular flexibility index (Phi) is 5.25. The highest BCUT2D eigenvalue weighted by atomic mass is 14.3. The van der Waals surface area contributed by atoms with Gasteiger partial charge in [0.05, 0.1) is 12.0 Å². The van der Waals surface area contributed by atoms with Crippen LogP contribution in [0.2, 0.25) is 0 Å². The van der Waals surface area contributed by atoms with Crippen LogP contribution in [0.5, 0.6) is 0 Å². The monoisotopic (exact) mass is 199 g/mol. The molecule has 0 amide bonds. The Hall–Kier alpha value is -1.55. The van der Waals surface area contributed by atoms with Crippen molar-refractivity contribution in [3.8, 4) is 6.07 Å². The van der Waals surface area contributed by atoms with E-state index in [2.05, 4.69) is 19.1 Å². The fourth-order valence-corrected chi connectivity index (χ4v) is 1.44. The number of benzene rings is 1. The molecule has 0 heterocycles. The maximum absolute atomic E-state index is 9.03. The van der Waals surface area contributed by atoms with Crippen molar-refractivity contribution < 1.29 is 0 Å². The lowest BCUT2D eigenvalue weighted by molar-refractivity contribution is 0.811. The number of hydrogen-bond acceptors (Lipinski definition) is 1. The fourth-order valence-electron chi connectivity index (χ4n) is 1.44. The van der Waals surface area contributed by atoms with Crippen LogP contribution < -0.4 is 0 Å². The van der Waals surface area contributed by atoms with Crippen molar-refractivity contribution in [1.82, 2.24) is 0 Å². The van der Waals surface area contributed by atoms with E-state index in [1.165, 1.54) is 12.8 Å². The van der Waals surface area contributed by atoms with E-state index in [1.807, 2.05) is 36.4 Å². The molecule has 1 aromatic carbocycles. The third kappa shape index (κ3) is 3.99. The smallest absolute Gasteiger partial charge is 0.0893 e. The highest BCUT2D eigenvalue weighted by Crippen LogP contribution is 2.16. The van der Waals surface area contributed by atoms with Gasteiger partial charge in [-0.1, -0.05) is 62.2 Å². The van der Waals surface area contributed by atoms with Gasteiger partial charge in [0.2, 0.25) is 0 Å². The van der Waals surface area contributed by atoms with E-state index in [9.17, 15) is 0 Å². The van der Waals surface area contributed by atoms with Crippen molar-refractivity contribution in [1.29, 1.82) is 5.26 Å². The third-order valence-corrected chi connectivity index (χ3v) is 2.35. The zero-order chi connectivity index (χ0) is 10.9. The van der Waals surface area contributed by atoms with Crippen molar-refractivity contribution in [2.75, 3.05) is 0 Å². The molecular formula is C14H17N. The zero-order valence-corrected chi connectivity index (χ0v) is 9.19. The minimum absolute atomic E-state index is 0.0944. The van der Waals surface area contributed by atoms with Gasteiger partial charge >= 0.3 is 0 Å². The third-order valence-electron chi connectivity index (χ3n) is 2.35. The number of rotatable bonds is 5. The van der Waals surface area contributed by atoms with Gasteiger partial charge in [0, 0.05) is 0 Å². The molecule has 1 unspecified atom stereocenters. The van der Waals surface area contributed by atoms with Crippen molar-refractivity contribution in [2.24, 2.45) is 0 Å². The van der Waals surface area contributed by atoms with Gasteiger partial charge in [-0.3, -0.25) is 0 Å². The maximum Gasteiger partial charge on any atom is 0.0893 e. The Morgan fingerprint density at radius 3 is 2.67 bits per heavy atom. The predicted molar refractivity (Wildman–Crippen MR) is 63.5 cm³/mol. The molecular weight excluding hydrogens is 182 g/mol. The Morgan fingerprint density at radius 1 is 1.33 bits per heavy atom. The molecule has 1 atom stereocenters. The first kappa shape index (κ1) is 11.5. The molecule has 0 saturated carbocycles. The molecule has 0 fully saturated rings. The normalized spacial score (nSPS) is 12.5. The summed E-state index contributed by atoms with van der Waals surface area (Å²) >= 11 is 0. The molecule has 78 valence electrons. The molecule has 0 bridgehead atoms. The van der Waals surface area contributed by atoms with Crippen LogP contribution in [0.4, 0.5) is 0 Å². The minimum Gasteiger partial charge on any atom is -0.197 e. The van der Waals surface area contributed by atoms with Crippen molar-refractivity contribution in [3.05, 3.63) is 48.0 Å². The molecule has 0 radical (unpaired) electrons. The van der Waals surface area contributed by atoms with Crippen LogP contribution in [0.3, 0.4) is 0 Å². The van der Waals surface area contributed by atoms with E-state index >= 15 is 0 Å². The van der Waals surface area contributed by atoms with E-state index in [0.29, 0.717) is 0 Å². The highest BCUT2D eigenvalue weighted by molar-refractivity contribution is 5.29. The summed E-state index contributed by atoms with van der Waals surface area (Å²) in [5, 5.41) is 9.03. The van der Waals surface area contributed by atoms with Gasteiger partial charge in [-0.15, -0.1) is 0 Å². The molecule has 1 rings (SSSR count). The first-order valence-corrected chi connectivity index (χ1v) is 5.49. The quantitative estimate of drug-likeness (QED) is 0.518. The summed E-state index contributed by atoms with van der Waals surface area (Å²) in [5.74, 6) is -0.0944. The average molecular weight is 199 g/mol. The van der Waals surface area contributed by atoms with Crippen molar-refractivity contribution in [2.45, 2.75) is 32.1 Å². The van der Waals surface area contributed by atoms with Crippen LogP contribution in [0, 0.1) is 11.3 Å². The minimum atomic E-state index is -0.0944. The summed E-state index contributed by atoms with van der Waals surface area (Å²) in [6.45, 7) is 2.17. The van der Waals surface area contributed by atoms with Gasteiger partial charge in [-0.05, 0) is 12.0 Å². The highest BCUT2D eigenvalue weighted by Gasteiger charge is 2.04. The van der Waals surface area contributed by atoms with Crippen molar-refractivity contribution in [3.63, 3.8) is 0 Å². The number of unbranched alkanes of at least 4 members (excludes halogenated alkanes) is 2. The summed E-state index contributed by atoms with van der Waals surface area (Å²) in [6.07, 6.45) is 7.59. The standard InChI is InChI=1S/C14H17N/c1-2-3-4-6-11-14(12-15)13-9-7-5-8-10-13/h5-11,14H,2-4H2,1H3/b11-6-. The summed E-state index contributed by atoms with van der Waals surface area (Å²) in [4.78, 5) is 0. The average Bonchev–Trinajstić information content (AvgIpc) is 2.30. The van der Waals surface area contributed by atoms with Crippen LogP contribution in [0.25, 0.3) is 0 Å². The summed E-state index contributed by atoms with van der Waals surface area (Å²) in [7, 11) is 0. The second-order valence-electron chi connectivity index (χ2n) is 3.59. The van der Waals surface area contributed by atoms with E-state index in [1.54, 1.807) is 0 Å². The Bertz CT molecular complexity index is 332. The Labute approximate surface area is 92.1 Å². The molecule has 1 heteroatoms. The zero-order valence-electron chi connectivity index (χ0n) is 9.19. The van der Waals surface area contributed by atoms with E-state index < -0.39 is 0 Å². The van der Waals surface area contributed by atoms with E-state index in [0.717, 1.165) is 12.0 Å². The number of allylic oxidation sites excluding steroid dienone is 2. The van der Waals surface area contributed by atoms with Gasteiger partial charge < -0.3 is 0 Å². The lowest BCUT2D eigenvalue weighted by atomic mass is 10.00. The molecule has 15 heavy (non-hydrogen) atoms. The van der Waals surface area contributed by atoms with Crippen molar-refractivity contribution >= 4 is 0 Å². The Balaban J connectivity index is 2.58. The summed E-state index contributed by atoms with van der Waals surface area (Å²) < 4.78 is 0. The molecule has 0 N–H and O–H groups in total. The largest absolute Gasteiger partial charge is 0.197 e. The van der Waals surface area contributed by atoms with Crippen LogP contribution in [-0.2, 0) is 0 Å². The molecule has 0 spiro atoms. The molecule has 0 aliphatic rings. The van der Waals surface area contributed by atoms with Gasteiger partial charge in [0.25, 0.3) is 0 Å². The van der Waals surface area contributed by atoms with Crippen LogP contribution >= 0.6 is 0 Å². The molecule has 0 aliphatic carbocycles. The number of hydrogen-bond donors (Lipinski definition) is 0. The first-order valence-electron chi connectivity index (χ1n) is 5.49. The van der Waals surface area contributed by atoms with Gasteiger partial charge in [0.1, 0.15) is 0 Å². The second kappa shape index (κ2) is 6.84. The lowest BCUT2D eigenvalue weighted by Gasteiger charge is -2.02. The first-order chi connectivity index (χ1) is 7.38. The van der Waals surface area contributed by atoms with Crippen LogP contribution in [0.1, 0.15) is 37.7 Å². The van der Waals surface area contributed by atoms with Gasteiger partial charge in [0.15, 0.2) is 0 Å². The number of nitriles is 1. The molecule has 0 aromatic heterocycles. The van der Waals surface area contributed by atoms with Gasteiger partial charge in [-0.2, -0.15) is 5.26 Å². The molecule has 1 nitrogen and oxygen atoms in total. The maximum atomic E-state index is 9.03. The molecule has 0 aliphatic heterocycles. The van der Waals surface area contributed by atoms with Gasteiger partial charge in [-0.25, -0.2) is 0 Å². The SMILES string of the molecule is CCCC/C=C\C(C#N)c1ccccc1. The summed E-state index contributed by atoms with van der Waals surface area (Å²) in [6, 6.07) is 12.2. The number of nitrogens with zero attached hydrogens (tertiary/aromatic N) is 1. The predicted octanol–water partition coefficient (Wildman–Crippen LogP) is 4.04. The Morgan fingerprint density at radius 2 is 2.07 bits per heavy atom. The fraction of sp³-hybridized carbons (Fsp3) is 0.357. The van der Waals surface area contributed by atoms with Crippen LogP contribution in [0.15, 0.2) is 42.5 Å². The topological polar surface area (TPSA) is 23.8 Å². The van der Waals surface area contributed by atoms with E-state index in [4.69, 9.17) is 5.26 Å². The lowest BCUT2D eigenvalue weighted by Crippen LogP contribution is -1.90. The molecule has 1 aromatic rings. The van der Waals surface area contributed by atoms with Crippen LogP contribution in [-0.4, -0.2) is 0 Å². The van der Waals surface area contributed by atoms with E-state index in [-0.39, 0.29) is 5.92 Å².